The lowest BCUT2D eigenvalue weighted by Crippen LogP contribution is -2.40. The molecule has 7 heteroatoms. The quantitative estimate of drug-likeness (QED) is 0.460. The van der Waals surface area contributed by atoms with Gasteiger partial charge in [0.25, 0.3) is 11.8 Å². The molecule has 2 aromatic rings. The molecule has 0 saturated heterocycles. The summed E-state index contributed by atoms with van der Waals surface area (Å²) >= 11 is 0. The first-order valence-electron chi connectivity index (χ1n) is 10.5. The molecule has 0 aliphatic carbocycles. The highest BCUT2D eigenvalue weighted by molar-refractivity contribution is 5.98. The first kappa shape index (κ1) is 23.9. The average Bonchev–Trinajstić information content (AvgIpc) is 2.71. The zero-order valence-electron chi connectivity index (χ0n) is 18.7. The van der Waals surface area contributed by atoms with Crippen LogP contribution in [-0.2, 0) is 4.79 Å². The highest BCUT2D eigenvalue weighted by Gasteiger charge is 2.15. The number of rotatable bonds is 9. The van der Waals surface area contributed by atoms with Gasteiger partial charge in [0.15, 0.2) is 0 Å². The SMILES string of the molecule is CCCCNC(=O)c1cccc(NC(=O)CNc2ccc(C(=O)NC(C)(C)C)cc2)c1. The van der Waals surface area contributed by atoms with E-state index in [1.54, 1.807) is 48.5 Å². The minimum Gasteiger partial charge on any atom is -0.376 e. The lowest BCUT2D eigenvalue weighted by molar-refractivity contribution is -0.114. The number of hydrogen-bond acceptors (Lipinski definition) is 4. The monoisotopic (exact) mass is 424 g/mol. The molecule has 3 amide bonds. The number of amides is 3. The third-order valence-electron chi connectivity index (χ3n) is 4.31. The number of carbonyl (C=O) groups excluding carboxylic acids is 3. The van der Waals surface area contributed by atoms with Crippen LogP contribution in [0.5, 0.6) is 0 Å². The van der Waals surface area contributed by atoms with Crippen molar-refractivity contribution in [3.63, 3.8) is 0 Å². The average molecular weight is 425 g/mol. The molecule has 0 aliphatic rings. The van der Waals surface area contributed by atoms with Crippen molar-refractivity contribution >= 4 is 29.1 Å². The van der Waals surface area contributed by atoms with Gasteiger partial charge in [-0.3, -0.25) is 14.4 Å². The van der Waals surface area contributed by atoms with Gasteiger partial charge in [0.2, 0.25) is 5.91 Å². The number of unbranched alkanes of at least 4 members (excludes halogenated alkanes) is 1. The predicted octanol–water partition coefficient (Wildman–Crippen LogP) is 3.80. The van der Waals surface area contributed by atoms with E-state index in [9.17, 15) is 14.4 Å². The van der Waals surface area contributed by atoms with Crippen LogP contribution in [0.4, 0.5) is 11.4 Å². The Kier molecular flexibility index (Phi) is 8.61. The third kappa shape index (κ3) is 8.50. The number of anilines is 2. The van der Waals surface area contributed by atoms with E-state index in [0.29, 0.717) is 23.4 Å². The fraction of sp³-hybridized carbons (Fsp3) is 0.375. The maximum absolute atomic E-state index is 12.3. The van der Waals surface area contributed by atoms with E-state index in [-0.39, 0.29) is 29.8 Å². The molecule has 31 heavy (non-hydrogen) atoms. The molecule has 0 fully saturated rings. The molecule has 0 atom stereocenters. The Hall–Kier alpha value is -3.35. The van der Waals surface area contributed by atoms with Crippen LogP contribution < -0.4 is 21.3 Å². The van der Waals surface area contributed by atoms with E-state index < -0.39 is 0 Å². The summed E-state index contributed by atoms with van der Waals surface area (Å²) in [6, 6.07) is 13.8. The summed E-state index contributed by atoms with van der Waals surface area (Å²) in [5.41, 5.74) is 2.04. The van der Waals surface area contributed by atoms with Crippen LogP contribution in [0.2, 0.25) is 0 Å². The Bertz CT molecular complexity index is 902. The summed E-state index contributed by atoms with van der Waals surface area (Å²) in [4.78, 5) is 36.6. The maximum Gasteiger partial charge on any atom is 0.251 e. The first-order chi connectivity index (χ1) is 14.7. The minimum absolute atomic E-state index is 0.0560. The number of benzene rings is 2. The van der Waals surface area contributed by atoms with E-state index in [2.05, 4.69) is 28.2 Å². The van der Waals surface area contributed by atoms with Crippen LogP contribution in [0.25, 0.3) is 0 Å². The Labute approximate surface area is 184 Å². The molecule has 0 aliphatic heterocycles. The highest BCUT2D eigenvalue weighted by Crippen LogP contribution is 2.13. The van der Waals surface area contributed by atoms with Gasteiger partial charge in [-0.1, -0.05) is 19.4 Å². The molecule has 4 N–H and O–H groups in total. The molecule has 0 unspecified atom stereocenters. The van der Waals surface area contributed by atoms with Gasteiger partial charge in [-0.25, -0.2) is 0 Å². The van der Waals surface area contributed by atoms with Crippen LogP contribution in [0.1, 0.15) is 61.3 Å². The van der Waals surface area contributed by atoms with Crippen LogP contribution in [0.15, 0.2) is 48.5 Å². The van der Waals surface area contributed by atoms with Gasteiger partial charge < -0.3 is 21.3 Å². The van der Waals surface area contributed by atoms with Crippen molar-refractivity contribution < 1.29 is 14.4 Å². The van der Waals surface area contributed by atoms with Gasteiger partial charge in [-0.15, -0.1) is 0 Å². The number of hydrogen-bond donors (Lipinski definition) is 4. The van der Waals surface area contributed by atoms with E-state index in [0.717, 1.165) is 18.5 Å². The molecule has 0 aromatic heterocycles. The summed E-state index contributed by atoms with van der Waals surface area (Å²) < 4.78 is 0. The topological polar surface area (TPSA) is 99.3 Å². The summed E-state index contributed by atoms with van der Waals surface area (Å²) in [5.74, 6) is -0.535. The fourth-order valence-electron chi connectivity index (χ4n) is 2.76. The summed E-state index contributed by atoms with van der Waals surface area (Å²) in [7, 11) is 0. The Morgan fingerprint density at radius 3 is 2.23 bits per heavy atom. The van der Waals surface area contributed by atoms with Gasteiger partial charge in [-0.2, -0.15) is 0 Å². The fourth-order valence-corrected chi connectivity index (χ4v) is 2.76. The van der Waals surface area contributed by atoms with Gasteiger partial charge in [0, 0.05) is 34.6 Å². The van der Waals surface area contributed by atoms with Crippen molar-refractivity contribution in [3.05, 3.63) is 59.7 Å². The summed E-state index contributed by atoms with van der Waals surface area (Å²) in [6.07, 6.45) is 1.94. The molecule has 0 spiro atoms. The van der Waals surface area contributed by atoms with Crippen LogP contribution >= 0.6 is 0 Å². The zero-order valence-corrected chi connectivity index (χ0v) is 18.7. The first-order valence-corrected chi connectivity index (χ1v) is 10.5. The molecular weight excluding hydrogens is 392 g/mol. The van der Waals surface area contributed by atoms with Crippen molar-refractivity contribution in [1.29, 1.82) is 0 Å². The van der Waals surface area contributed by atoms with Crippen LogP contribution in [-0.4, -0.2) is 36.3 Å². The van der Waals surface area contributed by atoms with Crippen molar-refractivity contribution in [1.82, 2.24) is 10.6 Å². The third-order valence-corrected chi connectivity index (χ3v) is 4.31. The summed E-state index contributed by atoms with van der Waals surface area (Å²) in [6.45, 7) is 8.53. The second-order valence-corrected chi connectivity index (χ2v) is 8.37. The van der Waals surface area contributed by atoms with Crippen molar-refractivity contribution in [2.75, 3.05) is 23.7 Å². The Balaban J connectivity index is 1.86. The molecule has 2 aromatic carbocycles. The minimum atomic E-state index is -0.306. The lowest BCUT2D eigenvalue weighted by Gasteiger charge is -2.20. The molecule has 2 rings (SSSR count). The van der Waals surface area contributed by atoms with Gasteiger partial charge in [0.05, 0.1) is 6.54 Å². The normalized spacial score (nSPS) is 10.8. The van der Waals surface area contributed by atoms with Gasteiger partial charge in [-0.05, 0) is 69.7 Å². The van der Waals surface area contributed by atoms with Crippen molar-refractivity contribution in [2.24, 2.45) is 0 Å². The zero-order chi connectivity index (χ0) is 22.9. The number of carbonyl (C=O) groups is 3. The molecule has 7 nitrogen and oxygen atoms in total. The van der Waals surface area contributed by atoms with E-state index in [4.69, 9.17) is 0 Å². The van der Waals surface area contributed by atoms with Crippen LogP contribution in [0, 0.1) is 0 Å². The van der Waals surface area contributed by atoms with Crippen molar-refractivity contribution in [3.8, 4) is 0 Å². The maximum atomic E-state index is 12.3. The lowest BCUT2D eigenvalue weighted by atomic mass is 10.1. The second kappa shape index (κ2) is 11.2. The van der Waals surface area contributed by atoms with Gasteiger partial charge in [0.1, 0.15) is 0 Å². The predicted molar refractivity (Wildman–Crippen MR) is 124 cm³/mol. The Morgan fingerprint density at radius 1 is 0.871 bits per heavy atom. The van der Waals surface area contributed by atoms with Crippen LogP contribution in [0.3, 0.4) is 0 Å². The van der Waals surface area contributed by atoms with E-state index in [1.165, 1.54) is 0 Å². The molecule has 0 saturated carbocycles. The summed E-state index contributed by atoms with van der Waals surface area (Å²) in [5, 5.41) is 11.6. The molecular formula is C24H32N4O3. The van der Waals surface area contributed by atoms with E-state index in [1.807, 2.05) is 20.8 Å². The van der Waals surface area contributed by atoms with Crippen molar-refractivity contribution in [2.45, 2.75) is 46.1 Å². The number of nitrogens with one attached hydrogen (secondary N) is 4. The highest BCUT2D eigenvalue weighted by atomic mass is 16.2. The molecule has 0 radical (unpaired) electrons. The van der Waals surface area contributed by atoms with E-state index >= 15 is 0 Å². The Morgan fingerprint density at radius 2 is 1.58 bits per heavy atom. The van der Waals surface area contributed by atoms with Gasteiger partial charge >= 0.3 is 0 Å². The molecule has 166 valence electrons. The molecule has 0 heterocycles. The molecule has 0 bridgehead atoms. The standard InChI is InChI=1S/C24H32N4O3/c1-5-6-14-25-22(30)18-8-7-9-20(15-18)27-21(29)16-26-19-12-10-17(11-13-19)23(31)28-24(2,3)4/h7-13,15,26H,5-6,14,16H2,1-4H3,(H,25,30)(H,27,29)(H,28,31). The second-order valence-electron chi connectivity index (χ2n) is 8.37. The largest absolute Gasteiger partial charge is 0.376 e. The smallest absolute Gasteiger partial charge is 0.251 e.